The molecule has 140 valence electrons. The number of alkyl halides is 3. The largest absolute Gasteiger partial charge is 0.419 e. The summed E-state index contributed by atoms with van der Waals surface area (Å²) in [7, 11) is 0. The van der Waals surface area contributed by atoms with Crippen LogP contribution in [0.5, 0.6) is 0 Å². The average molecular weight is 375 g/mol. The fourth-order valence-corrected chi connectivity index (χ4v) is 2.70. The summed E-state index contributed by atoms with van der Waals surface area (Å²) in [5, 5.41) is 2.91. The van der Waals surface area contributed by atoms with Crippen LogP contribution in [0.15, 0.2) is 42.9 Å². The first-order valence-electron chi connectivity index (χ1n) is 7.86. The third kappa shape index (κ3) is 3.48. The minimum Gasteiger partial charge on any atom is -0.383 e. The molecule has 0 saturated carbocycles. The van der Waals surface area contributed by atoms with Gasteiger partial charge in [-0.25, -0.2) is 9.97 Å². The number of hydrogen-bond acceptors (Lipinski definition) is 5. The maximum Gasteiger partial charge on any atom is 0.419 e. The molecule has 0 radical (unpaired) electrons. The Kier molecular flexibility index (Phi) is 4.38. The number of hydrogen-bond donors (Lipinski definition) is 2. The van der Waals surface area contributed by atoms with Gasteiger partial charge < -0.3 is 11.1 Å². The normalized spacial score (nSPS) is 11.6. The molecule has 3 aromatic heterocycles. The number of anilines is 2. The van der Waals surface area contributed by atoms with E-state index in [9.17, 15) is 18.0 Å². The van der Waals surface area contributed by atoms with E-state index in [1.807, 2.05) is 0 Å². The zero-order valence-electron chi connectivity index (χ0n) is 14.6. The van der Waals surface area contributed by atoms with Gasteiger partial charge in [-0.2, -0.15) is 13.2 Å². The van der Waals surface area contributed by atoms with E-state index in [-0.39, 0.29) is 17.0 Å². The second kappa shape index (κ2) is 6.42. The van der Waals surface area contributed by atoms with Crippen LogP contribution in [0.2, 0.25) is 0 Å². The Morgan fingerprint density at radius 2 is 1.96 bits per heavy atom. The van der Waals surface area contributed by atoms with Gasteiger partial charge in [0, 0.05) is 36.1 Å². The van der Waals surface area contributed by atoms with Crippen LogP contribution in [-0.4, -0.2) is 20.2 Å². The molecule has 6 nitrogen and oxygen atoms in total. The van der Waals surface area contributed by atoms with E-state index in [4.69, 9.17) is 5.73 Å². The van der Waals surface area contributed by atoms with Crippen LogP contribution in [0.25, 0.3) is 16.8 Å². The summed E-state index contributed by atoms with van der Waals surface area (Å²) in [6.45, 7) is 6.83. The summed E-state index contributed by atoms with van der Waals surface area (Å²) in [5.74, 6) is -0.513. The monoisotopic (exact) mass is 375 g/mol. The lowest BCUT2D eigenvalue weighted by molar-refractivity contribution is -0.137. The van der Waals surface area contributed by atoms with Crippen LogP contribution in [-0.2, 0) is 6.18 Å². The highest BCUT2D eigenvalue weighted by Gasteiger charge is 2.34. The first-order valence-corrected chi connectivity index (χ1v) is 7.86. The third-order valence-corrected chi connectivity index (χ3v) is 3.84. The van der Waals surface area contributed by atoms with Gasteiger partial charge in [-0.15, -0.1) is 0 Å². The molecule has 0 aliphatic carbocycles. The Balaban J connectivity index is 2.19. The van der Waals surface area contributed by atoms with Crippen LogP contribution >= 0.6 is 0 Å². The van der Waals surface area contributed by atoms with Crippen molar-refractivity contribution in [2.24, 2.45) is 0 Å². The SMILES string of the molecule is C=C(C)Nc1nc2ccc(-c3cnc(N)c(C(F)(F)F)c3)cn2c1C(C)=O. The van der Waals surface area contributed by atoms with Crippen molar-refractivity contribution in [1.29, 1.82) is 0 Å². The van der Waals surface area contributed by atoms with Crippen molar-refractivity contribution in [1.82, 2.24) is 14.4 Å². The molecule has 3 aromatic rings. The van der Waals surface area contributed by atoms with Gasteiger partial charge in [0.05, 0.1) is 5.56 Å². The lowest BCUT2D eigenvalue weighted by atomic mass is 10.1. The number of fused-ring (bicyclic) bond motifs is 1. The van der Waals surface area contributed by atoms with Crippen LogP contribution in [0.4, 0.5) is 24.8 Å². The second-order valence-electron chi connectivity index (χ2n) is 6.07. The third-order valence-electron chi connectivity index (χ3n) is 3.84. The Hall–Kier alpha value is -3.36. The Labute approximate surface area is 152 Å². The number of rotatable bonds is 4. The smallest absolute Gasteiger partial charge is 0.383 e. The number of imidazole rings is 1. The highest BCUT2D eigenvalue weighted by atomic mass is 19.4. The number of nitrogens with two attached hydrogens (primary N) is 1. The van der Waals surface area contributed by atoms with Crippen LogP contribution in [0, 0.1) is 0 Å². The van der Waals surface area contributed by atoms with Gasteiger partial charge in [0.15, 0.2) is 11.6 Å². The minimum atomic E-state index is -4.62. The van der Waals surface area contributed by atoms with Gasteiger partial charge in [-0.05, 0) is 25.1 Å². The molecule has 0 fully saturated rings. The number of carbonyl (C=O) groups excluding carboxylic acids is 1. The first-order chi connectivity index (χ1) is 12.6. The number of Topliss-reactive ketones (excluding diaryl/α,β-unsaturated/α-hetero) is 1. The summed E-state index contributed by atoms with van der Waals surface area (Å²) in [4.78, 5) is 20.1. The lowest BCUT2D eigenvalue weighted by Gasteiger charge is -2.11. The maximum atomic E-state index is 13.1. The Morgan fingerprint density at radius 3 is 2.56 bits per heavy atom. The average Bonchev–Trinajstić information content (AvgIpc) is 2.90. The van der Waals surface area contributed by atoms with Crippen molar-refractivity contribution in [2.45, 2.75) is 20.0 Å². The van der Waals surface area contributed by atoms with Crippen molar-refractivity contribution < 1.29 is 18.0 Å². The molecular weight excluding hydrogens is 359 g/mol. The van der Waals surface area contributed by atoms with E-state index >= 15 is 0 Å². The topological polar surface area (TPSA) is 85.3 Å². The maximum absolute atomic E-state index is 13.1. The fourth-order valence-electron chi connectivity index (χ4n) is 2.70. The molecule has 0 spiro atoms. The number of nitrogens with one attached hydrogen (secondary N) is 1. The molecule has 0 bridgehead atoms. The molecule has 9 heteroatoms. The number of ketones is 1. The fraction of sp³-hybridized carbons (Fsp3) is 0.167. The molecule has 27 heavy (non-hydrogen) atoms. The van der Waals surface area contributed by atoms with Gasteiger partial charge in [0.1, 0.15) is 17.2 Å². The van der Waals surface area contributed by atoms with Gasteiger partial charge in [-0.3, -0.25) is 9.20 Å². The van der Waals surface area contributed by atoms with Crippen molar-refractivity contribution in [2.75, 3.05) is 11.1 Å². The van der Waals surface area contributed by atoms with E-state index in [1.165, 1.54) is 23.7 Å². The predicted molar refractivity (Wildman–Crippen MR) is 96.3 cm³/mol. The van der Waals surface area contributed by atoms with Crippen LogP contribution < -0.4 is 11.1 Å². The predicted octanol–water partition coefficient (Wildman–Crippen LogP) is 4.15. The standard InChI is InChI=1S/C18H16F3N5O/c1-9(2)24-17-15(10(3)27)26-8-11(4-5-14(26)25-17)12-6-13(18(19,20)21)16(22)23-7-12/h4-8,24H,1H2,2-3H3,(H2,22,23). The number of aromatic nitrogens is 3. The second-order valence-corrected chi connectivity index (χ2v) is 6.07. The summed E-state index contributed by atoms with van der Waals surface area (Å²) in [5.41, 5.74) is 6.32. The summed E-state index contributed by atoms with van der Waals surface area (Å²) in [6.07, 6.45) is -1.82. The Bertz CT molecular complexity index is 1070. The van der Waals surface area contributed by atoms with E-state index in [2.05, 4.69) is 21.9 Å². The summed E-state index contributed by atoms with van der Waals surface area (Å²) < 4.78 is 40.8. The first kappa shape index (κ1) is 18.4. The number of carbonyl (C=O) groups is 1. The molecule has 0 aliphatic heterocycles. The molecule has 0 unspecified atom stereocenters. The van der Waals surface area contributed by atoms with E-state index in [1.54, 1.807) is 19.1 Å². The number of pyridine rings is 2. The van der Waals surface area contributed by atoms with Gasteiger partial charge >= 0.3 is 6.18 Å². The number of nitrogen functional groups attached to an aromatic ring is 1. The minimum absolute atomic E-state index is 0.219. The number of allylic oxidation sites excluding steroid dienone is 1. The zero-order chi connectivity index (χ0) is 19.9. The number of nitrogens with zero attached hydrogens (tertiary/aromatic N) is 3. The highest BCUT2D eigenvalue weighted by Crippen LogP contribution is 2.35. The molecule has 3 N–H and O–H groups in total. The molecule has 0 atom stereocenters. The molecule has 3 heterocycles. The molecule has 0 amide bonds. The zero-order valence-corrected chi connectivity index (χ0v) is 14.6. The van der Waals surface area contributed by atoms with Gasteiger partial charge in [0.25, 0.3) is 0 Å². The van der Waals surface area contributed by atoms with E-state index in [0.29, 0.717) is 22.7 Å². The summed E-state index contributed by atoms with van der Waals surface area (Å²) >= 11 is 0. The quantitative estimate of drug-likeness (QED) is 0.669. The van der Waals surface area contributed by atoms with Crippen LogP contribution in [0.3, 0.4) is 0 Å². The highest BCUT2D eigenvalue weighted by molar-refractivity contribution is 5.98. The van der Waals surface area contributed by atoms with Crippen molar-refractivity contribution >= 4 is 23.1 Å². The van der Waals surface area contributed by atoms with Gasteiger partial charge in [0.2, 0.25) is 0 Å². The van der Waals surface area contributed by atoms with Crippen molar-refractivity contribution in [3.8, 4) is 11.1 Å². The molecule has 0 aromatic carbocycles. The lowest BCUT2D eigenvalue weighted by Crippen LogP contribution is -2.10. The van der Waals surface area contributed by atoms with Crippen molar-refractivity contribution in [3.05, 3.63) is 54.1 Å². The Morgan fingerprint density at radius 1 is 1.26 bits per heavy atom. The van der Waals surface area contributed by atoms with E-state index in [0.717, 1.165) is 6.07 Å². The molecular formula is C18H16F3N5O. The molecule has 3 rings (SSSR count). The summed E-state index contributed by atoms with van der Waals surface area (Å²) in [6, 6.07) is 4.14. The molecule has 0 aliphatic rings. The van der Waals surface area contributed by atoms with Crippen LogP contribution in [0.1, 0.15) is 29.9 Å². The van der Waals surface area contributed by atoms with E-state index < -0.39 is 17.6 Å². The number of halogens is 3. The van der Waals surface area contributed by atoms with Gasteiger partial charge in [-0.1, -0.05) is 6.58 Å². The van der Waals surface area contributed by atoms with Crippen molar-refractivity contribution in [3.63, 3.8) is 0 Å². The molecule has 0 saturated heterocycles.